The van der Waals surface area contributed by atoms with E-state index in [2.05, 4.69) is 5.10 Å². The van der Waals surface area contributed by atoms with Crippen molar-refractivity contribution in [2.45, 2.75) is 6.54 Å². The van der Waals surface area contributed by atoms with Gasteiger partial charge in [0.25, 0.3) is 5.69 Å². The van der Waals surface area contributed by atoms with E-state index in [9.17, 15) is 20.2 Å². The SMILES string of the molecule is O=[N+]([O-])c1ccn(Cc2ccc(Cl)c([N+](=O)[O-])c2)n1. The molecule has 9 heteroatoms. The number of hydrogen-bond donors (Lipinski definition) is 0. The highest BCUT2D eigenvalue weighted by molar-refractivity contribution is 6.32. The molecular weight excluding hydrogens is 276 g/mol. The Labute approximate surface area is 111 Å². The number of nitrogens with zero attached hydrogens (tertiary/aromatic N) is 4. The Morgan fingerprint density at radius 3 is 2.53 bits per heavy atom. The first kappa shape index (κ1) is 13.0. The van der Waals surface area contributed by atoms with Crippen molar-refractivity contribution in [2.24, 2.45) is 0 Å². The largest absolute Gasteiger partial charge is 0.389 e. The molecule has 0 N–H and O–H groups in total. The summed E-state index contributed by atoms with van der Waals surface area (Å²) >= 11 is 5.69. The maximum Gasteiger partial charge on any atom is 0.389 e. The number of benzene rings is 1. The minimum atomic E-state index is -0.610. The van der Waals surface area contributed by atoms with Crippen LogP contribution in [0.2, 0.25) is 5.02 Å². The van der Waals surface area contributed by atoms with Crippen LogP contribution in [0.5, 0.6) is 0 Å². The van der Waals surface area contributed by atoms with Crippen LogP contribution in [0.15, 0.2) is 30.5 Å². The second-order valence-electron chi connectivity index (χ2n) is 3.67. The quantitative estimate of drug-likeness (QED) is 0.632. The van der Waals surface area contributed by atoms with Gasteiger partial charge in [-0.3, -0.25) is 10.1 Å². The monoisotopic (exact) mass is 282 g/mol. The van der Waals surface area contributed by atoms with Crippen LogP contribution in [0.3, 0.4) is 0 Å². The van der Waals surface area contributed by atoms with Gasteiger partial charge in [-0.2, -0.15) is 4.68 Å². The van der Waals surface area contributed by atoms with E-state index in [0.717, 1.165) is 0 Å². The summed E-state index contributed by atoms with van der Waals surface area (Å²) in [7, 11) is 0. The number of aromatic nitrogens is 2. The molecule has 0 saturated carbocycles. The lowest BCUT2D eigenvalue weighted by atomic mass is 10.2. The summed E-state index contributed by atoms with van der Waals surface area (Å²) in [6.07, 6.45) is 1.43. The van der Waals surface area contributed by atoms with Gasteiger partial charge in [0.05, 0.1) is 28.8 Å². The van der Waals surface area contributed by atoms with Crippen LogP contribution in [0, 0.1) is 20.2 Å². The van der Waals surface area contributed by atoms with Gasteiger partial charge in [-0.1, -0.05) is 17.7 Å². The average Bonchev–Trinajstić information content (AvgIpc) is 2.80. The van der Waals surface area contributed by atoms with Crippen LogP contribution < -0.4 is 0 Å². The molecule has 1 aromatic carbocycles. The van der Waals surface area contributed by atoms with E-state index >= 15 is 0 Å². The van der Waals surface area contributed by atoms with Crippen LogP contribution in [0.4, 0.5) is 11.5 Å². The Bertz CT molecular complexity index is 655. The molecule has 0 atom stereocenters. The Morgan fingerprint density at radius 2 is 1.95 bits per heavy atom. The summed E-state index contributed by atoms with van der Waals surface area (Å²) in [5, 5.41) is 25.0. The molecule has 0 aliphatic carbocycles. The van der Waals surface area contributed by atoms with Crippen molar-refractivity contribution in [1.29, 1.82) is 0 Å². The predicted molar refractivity (Wildman–Crippen MR) is 66.1 cm³/mol. The first-order chi connectivity index (χ1) is 8.97. The second-order valence-corrected chi connectivity index (χ2v) is 4.08. The lowest BCUT2D eigenvalue weighted by molar-refractivity contribution is -0.389. The topological polar surface area (TPSA) is 104 Å². The first-order valence-electron chi connectivity index (χ1n) is 5.08. The summed E-state index contributed by atoms with van der Waals surface area (Å²) in [4.78, 5) is 20.0. The fraction of sp³-hybridized carbons (Fsp3) is 0.100. The smallest absolute Gasteiger partial charge is 0.358 e. The molecule has 0 spiro atoms. The fourth-order valence-corrected chi connectivity index (χ4v) is 1.71. The molecule has 2 rings (SSSR count). The van der Waals surface area contributed by atoms with E-state index in [4.69, 9.17) is 11.6 Å². The Kier molecular flexibility index (Phi) is 3.43. The molecule has 8 nitrogen and oxygen atoms in total. The van der Waals surface area contributed by atoms with Crippen LogP contribution in [-0.2, 0) is 6.54 Å². The third-order valence-electron chi connectivity index (χ3n) is 2.37. The second kappa shape index (κ2) is 5.02. The van der Waals surface area contributed by atoms with Crippen molar-refractivity contribution in [3.8, 4) is 0 Å². The molecule has 19 heavy (non-hydrogen) atoms. The van der Waals surface area contributed by atoms with Crippen LogP contribution in [-0.4, -0.2) is 19.6 Å². The van der Waals surface area contributed by atoms with Crippen molar-refractivity contribution >= 4 is 23.1 Å². The van der Waals surface area contributed by atoms with E-state index in [1.807, 2.05) is 0 Å². The highest BCUT2D eigenvalue weighted by atomic mass is 35.5. The van der Waals surface area contributed by atoms with Crippen molar-refractivity contribution < 1.29 is 9.85 Å². The summed E-state index contributed by atoms with van der Waals surface area (Å²) in [6.45, 7) is 0.186. The molecule has 0 aliphatic rings. The first-order valence-corrected chi connectivity index (χ1v) is 5.46. The van der Waals surface area contributed by atoms with Gasteiger partial charge in [-0.05, 0) is 16.6 Å². The zero-order valence-corrected chi connectivity index (χ0v) is 10.1. The molecule has 0 radical (unpaired) electrons. The summed E-state index contributed by atoms with van der Waals surface area (Å²) in [6, 6.07) is 5.58. The van der Waals surface area contributed by atoms with Gasteiger partial charge in [0.15, 0.2) is 0 Å². The predicted octanol–water partition coefficient (Wildman–Crippen LogP) is 2.40. The molecular formula is C10H7ClN4O4. The molecule has 0 aliphatic heterocycles. The number of rotatable bonds is 4. The number of nitro groups is 2. The number of hydrogen-bond acceptors (Lipinski definition) is 5. The van der Waals surface area contributed by atoms with Gasteiger partial charge in [-0.15, -0.1) is 0 Å². The third kappa shape index (κ3) is 2.86. The van der Waals surface area contributed by atoms with Crippen LogP contribution in [0.1, 0.15) is 5.56 Å². The lowest BCUT2D eigenvalue weighted by Gasteiger charge is -2.00. The van der Waals surface area contributed by atoms with Gasteiger partial charge in [0, 0.05) is 6.07 Å². The van der Waals surface area contributed by atoms with Gasteiger partial charge in [-0.25, -0.2) is 0 Å². The molecule has 2 aromatic rings. The highest BCUT2D eigenvalue weighted by Crippen LogP contribution is 2.25. The average molecular weight is 283 g/mol. The van der Waals surface area contributed by atoms with Crippen molar-refractivity contribution in [3.63, 3.8) is 0 Å². The van der Waals surface area contributed by atoms with E-state index in [1.54, 1.807) is 6.07 Å². The van der Waals surface area contributed by atoms with Gasteiger partial charge < -0.3 is 10.1 Å². The van der Waals surface area contributed by atoms with E-state index in [0.29, 0.717) is 5.56 Å². The molecule has 0 fully saturated rings. The number of nitro benzene ring substituents is 1. The zero-order valence-electron chi connectivity index (χ0n) is 9.39. The summed E-state index contributed by atoms with van der Waals surface area (Å²) in [5.41, 5.74) is 0.370. The minimum Gasteiger partial charge on any atom is -0.358 e. The Hall–Kier alpha value is -2.48. The molecule has 0 saturated heterocycles. The van der Waals surface area contributed by atoms with Crippen molar-refractivity contribution in [1.82, 2.24) is 9.78 Å². The highest BCUT2D eigenvalue weighted by Gasteiger charge is 2.15. The van der Waals surface area contributed by atoms with Gasteiger partial charge >= 0.3 is 5.82 Å². The molecule has 1 heterocycles. The van der Waals surface area contributed by atoms with Crippen molar-refractivity contribution in [2.75, 3.05) is 0 Å². The maximum absolute atomic E-state index is 10.7. The number of halogens is 1. The van der Waals surface area contributed by atoms with Crippen LogP contribution in [0.25, 0.3) is 0 Å². The van der Waals surface area contributed by atoms with Gasteiger partial charge in [0.1, 0.15) is 5.02 Å². The maximum atomic E-state index is 10.7. The van der Waals surface area contributed by atoms with Crippen LogP contribution >= 0.6 is 11.6 Å². The molecule has 1 aromatic heterocycles. The van der Waals surface area contributed by atoms with E-state index in [-0.39, 0.29) is 23.1 Å². The Morgan fingerprint density at radius 1 is 1.21 bits per heavy atom. The zero-order chi connectivity index (χ0) is 14.0. The molecule has 0 bridgehead atoms. The van der Waals surface area contributed by atoms with Crippen molar-refractivity contribution in [3.05, 3.63) is 61.3 Å². The van der Waals surface area contributed by atoms with Gasteiger partial charge in [0.2, 0.25) is 0 Å². The fourth-order valence-electron chi connectivity index (χ4n) is 1.52. The van der Waals surface area contributed by atoms with E-state index in [1.165, 1.54) is 29.1 Å². The lowest BCUT2D eigenvalue weighted by Crippen LogP contribution is -2.02. The van der Waals surface area contributed by atoms with E-state index < -0.39 is 9.85 Å². The molecule has 98 valence electrons. The third-order valence-corrected chi connectivity index (χ3v) is 2.69. The Balaban J connectivity index is 2.25. The summed E-state index contributed by atoms with van der Waals surface area (Å²) in [5.74, 6) is -0.275. The molecule has 0 unspecified atom stereocenters. The minimum absolute atomic E-state index is 0.0418. The molecule has 0 amide bonds. The summed E-state index contributed by atoms with van der Waals surface area (Å²) < 4.78 is 1.32. The normalized spacial score (nSPS) is 10.4. The standard InChI is InChI=1S/C10H7ClN4O4/c11-8-2-1-7(5-9(8)14(16)17)6-13-4-3-10(12-13)15(18)19/h1-5H,6H2.